The molecule has 0 fully saturated rings. The molecule has 1 aromatic rings. The monoisotopic (exact) mass is 168 g/mol. The van der Waals surface area contributed by atoms with E-state index in [1.54, 1.807) is 5.38 Å². The maximum atomic E-state index is 8.39. The second-order valence-electron chi connectivity index (χ2n) is 1.52. The van der Waals surface area contributed by atoms with Crippen molar-refractivity contribution in [2.24, 2.45) is 0 Å². The minimum Gasteiger partial charge on any atom is -0.192 e. The molecule has 10 heavy (non-hydrogen) atoms. The summed E-state index contributed by atoms with van der Waals surface area (Å²) in [6.07, 6.45) is 0. The van der Waals surface area contributed by atoms with Crippen molar-refractivity contribution in [3.8, 4) is 12.1 Å². The second-order valence-corrected chi connectivity index (χ2v) is 2.77. The molecule has 1 aromatic heterocycles. The van der Waals surface area contributed by atoms with Gasteiger partial charge in [-0.25, -0.2) is 0 Å². The standard InChI is InChI=1S/C6HClN2S/c7-6-4(1-8)3-10-5(6)2-9/h3H. The molecule has 0 bridgehead atoms. The Balaban J connectivity index is 3.28. The van der Waals surface area contributed by atoms with Gasteiger partial charge in [-0.1, -0.05) is 11.6 Å². The lowest BCUT2D eigenvalue weighted by Crippen LogP contribution is -1.67. The molecule has 0 unspecified atom stereocenters. The summed E-state index contributed by atoms with van der Waals surface area (Å²) in [5.41, 5.74) is 0.378. The van der Waals surface area contributed by atoms with Crippen LogP contribution in [0, 0.1) is 22.7 Å². The second kappa shape index (κ2) is 2.70. The molecule has 4 heteroatoms. The first-order valence-electron chi connectivity index (χ1n) is 2.36. The number of thiophene rings is 1. The smallest absolute Gasteiger partial charge is 0.124 e. The lowest BCUT2D eigenvalue weighted by molar-refractivity contribution is 1.50. The molecule has 1 rings (SSSR count). The van der Waals surface area contributed by atoms with Gasteiger partial charge in [-0.15, -0.1) is 11.3 Å². The fraction of sp³-hybridized carbons (Fsp3) is 0. The lowest BCUT2D eigenvalue weighted by atomic mass is 10.3. The van der Waals surface area contributed by atoms with Crippen LogP contribution in [0.1, 0.15) is 10.4 Å². The van der Waals surface area contributed by atoms with Crippen molar-refractivity contribution in [1.29, 1.82) is 10.5 Å². The van der Waals surface area contributed by atoms with Gasteiger partial charge in [0.15, 0.2) is 0 Å². The maximum absolute atomic E-state index is 8.39. The van der Waals surface area contributed by atoms with Crippen molar-refractivity contribution < 1.29 is 0 Å². The van der Waals surface area contributed by atoms with E-state index >= 15 is 0 Å². The van der Waals surface area contributed by atoms with Crippen LogP contribution in [0.25, 0.3) is 0 Å². The summed E-state index contributed by atoms with van der Waals surface area (Å²) < 4.78 is 0. The number of rotatable bonds is 0. The molecular formula is C6HClN2S. The highest BCUT2D eigenvalue weighted by Crippen LogP contribution is 2.25. The number of halogens is 1. The topological polar surface area (TPSA) is 47.6 Å². The summed E-state index contributed by atoms with van der Waals surface area (Å²) in [6.45, 7) is 0. The zero-order chi connectivity index (χ0) is 7.56. The van der Waals surface area contributed by atoms with E-state index in [0.717, 1.165) is 0 Å². The van der Waals surface area contributed by atoms with Crippen LogP contribution in [-0.2, 0) is 0 Å². The zero-order valence-corrected chi connectivity index (χ0v) is 6.33. The van der Waals surface area contributed by atoms with E-state index in [2.05, 4.69) is 0 Å². The summed E-state index contributed by atoms with van der Waals surface area (Å²) in [5, 5.41) is 18.6. The van der Waals surface area contributed by atoms with Crippen LogP contribution in [0.15, 0.2) is 5.38 Å². The maximum Gasteiger partial charge on any atom is 0.124 e. The quantitative estimate of drug-likeness (QED) is 0.596. The van der Waals surface area contributed by atoms with Gasteiger partial charge in [0.25, 0.3) is 0 Å². The van der Waals surface area contributed by atoms with Crippen LogP contribution in [-0.4, -0.2) is 0 Å². The Morgan fingerprint density at radius 3 is 2.40 bits per heavy atom. The van der Waals surface area contributed by atoms with Crippen molar-refractivity contribution in [3.63, 3.8) is 0 Å². The Morgan fingerprint density at radius 1 is 1.40 bits per heavy atom. The van der Waals surface area contributed by atoms with Crippen LogP contribution in [0.4, 0.5) is 0 Å². The third kappa shape index (κ3) is 0.974. The van der Waals surface area contributed by atoms with Crippen molar-refractivity contribution in [2.45, 2.75) is 0 Å². The summed E-state index contributed by atoms with van der Waals surface area (Å²) in [7, 11) is 0. The van der Waals surface area contributed by atoms with E-state index in [9.17, 15) is 0 Å². The average Bonchev–Trinajstić information content (AvgIpc) is 2.30. The number of hydrogen-bond donors (Lipinski definition) is 0. The van der Waals surface area contributed by atoms with Crippen LogP contribution < -0.4 is 0 Å². The minimum absolute atomic E-state index is 0.273. The molecule has 0 aromatic carbocycles. The first-order chi connectivity index (χ1) is 4.79. The van der Waals surface area contributed by atoms with E-state index in [1.807, 2.05) is 12.1 Å². The molecule has 0 aliphatic carbocycles. The highest BCUT2D eigenvalue weighted by molar-refractivity contribution is 7.11. The molecule has 0 saturated heterocycles. The van der Waals surface area contributed by atoms with Crippen molar-refractivity contribution in [1.82, 2.24) is 0 Å². The van der Waals surface area contributed by atoms with Gasteiger partial charge in [0.05, 0.1) is 10.6 Å². The molecule has 0 spiro atoms. The molecule has 0 N–H and O–H groups in total. The van der Waals surface area contributed by atoms with Gasteiger partial charge < -0.3 is 0 Å². The first-order valence-corrected chi connectivity index (χ1v) is 3.62. The van der Waals surface area contributed by atoms with Crippen LogP contribution in [0.5, 0.6) is 0 Å². The molecule has 2 nitrogen and oxygen atoms in total. The van der Waals surface area contributed by atoms with Gasteiger partial charge >= 0.3 is 0 Å². The summed E-state index contributed by atoms with van der Waals surface area (Å²) in [6, 6.07) is 3.76. The average molecular weight is 169 g/mol. The van der Waals surface area contributed by atoms with Crippen LogP contribution in [0.3, 0.4) is 0 Å². The van der Waals surface area contributed by atoms with Gasteiger partial charge in [-0.3, -0.25) is 0 Å². The highest BCUT2D eigenvalue weighted by Gasteiger charge is 2.06. The number of nitrogens with zero attached hydrogens (tertiary/aromatic N) is 2. The van der Waals surface area contributed by atoms with E-state index < -0.39 is 0 Å². The van der Waals surface area contributed by atoms with Crippen molar-refractivity contribution in [3.05, 3.63) is 20.8 Å². The molecule has 0 aliphatic heterocycles. The molecule has 0 saturated carbocycles. The molecule has 0 aliphatic rings. The molecular weight excluding hydrogens is 168 g/mol. The predicted octanol–water partition coefficient (Wildman–Crippen LogP) is 2.14. The lowest BCUT2D eigenvalue weighted by Gasteiger charge is -1.79. The largest absolute Gasteiger partial charge is 0.192 e. The van der Waals surface area contributed by atoms with E-state index in [0.29, 0.717) is 10.4 Å². The summed E-state index contributed by atoms with van der Waals surface area (Å²) >= 11 is 6.78. The van der Waals surface area contributed by atoms with Gasteiger partial charge in [0.2, 0.25) is 0 Å². The zero-order valence-electron chi connectivity index (χ0n) is 4.76. The Bertz CT molecular complexity index is 297. The molecule has 0 radical (unpaired) electrons. The van der Waals surface area contributed by atoms with Crippen molar-refractivity contribution in [2.75, 3.05) is 0 Å². The summed E-state index contributed by atoms with van der Waals surface area (Å²) in [4.78, 5) is 0.401. The van der Waals surface area contributed by atoms with Gasteiger partial charge in [-0.05, 0) is 0 Å². The molecule has 0 amide bonds. The number of nitriles is 2. The Kier molecular flexibility index (Phi) is 1.91. The van der Waals surface area contributed by atoms with Gasteiger partial charge in [-0.2, -0.15) is 10.5 Å². The van der Waals surface area contributed by atoms with Crippen LogP contribution in [0.2, 0.25) is 5.02 Å². The normalized spacial score (nSPS) is 8.30. The van der Waals surface area contributed by atoms with Gasteiger partial charge in [0.1, 0.15) is 17.0 Å². The fourth-order valence-electron chi connectivity index (χ4n) is 0.494. The van der Waals surface area contributed by atoms with Crippen molar-refractivity contribution >= 4 is 22.9 Å². The third-order valence-corrected chi connectivity index (χ3v) is 2.34. The van der Waals surface area contributed by atoms with Gasteiger partial charge in [0, 0.05) is 5.38 Å². The Hall–Kier alpha value is -1.03. The molecule has 48 valence electrons. The summed E-state index contributed by atoms with van der Waals surface area (Å²) in [5.74, 6) is 0. The van der Waals surface area contributed by atoms with E-state index in [4.69, 9.17) is 22.1 Å². The Morgan fingerprint density at radius 2 is 2.10 bits per heavy atom. The Labute approximate surface area is 66.9 Å². The molecule has 0 atom stereocenters. The van der Waals surface area contributed by atoms with E-state index in [1.165, 1.54) is 11.3 Å². The number of hydrogen-bond acceptors (Lipinski definition) is 3. The minimum atomic E-state index is 0.273. The van der Waals surface area contributed by atoms with Crippen LogP contribution >= 0.6 is 22.9 Å². The first kappa shape index (κ1) is 7.08. The molecule has 1 heterocycles. The fourth-order valence-corrected chi connectivity index (χ4v) is 1.50. The SMILES string of the molecule is N#Cc1csc(C#N)c1Cl. The third-order valence-electron chi connectivity index (χ3n) is 0.952. The highest BCUT2D eigenvalue weighted by atomic mass is 35.5. The predicted molar refractivity (Wildman–Crippen MR) is 38.8 cm³/mol. The van der Waals surface area contributed by atoms with E-state index in [-0.39, 0.29) is 5.02 Å².